The van der Waals surface area contributed by atoms with Crippen molar-refractivity contribution in [3.05, 3.63) is 54.2 Å². The quantitative estimate of drug-likeness (QED) is 0.592. The maximum absolute atomic E-state index is 13.0. The van der Waals surface area contributed by atoms with E-state index in [-0.39, 0.29) is 10.8 Å². The number of carbonyl (C=O) groups is 1. The number of carbonyl (C=O) groups excluding carboxylic acids is 1. The fraction of sp³-hybridized carbons (Fsp3) is 0.273. The molecule has 158 valence electrons. The number of nitrogens with zero attached hydrogens (tertiary/aromatic N) is 1. The number of thiazole rings is 1. The molecule has 1 aromatic heterocycles. The molecule has 0 aliphatic rings. The third kappa shape index (κ3) is 5.33. The predicted octanol–water partition coefficient (Wildman–Crippen LogP) is 4.82. The average molecular weight is 444 g/mol. The van der Waals surface area contributed by atoms with Gasteiger partial charge in [0.2, 0.25) is 15.9 Å². The van der Waals surface area contributed by atoms with Crippen LogP contribution in [0.3, 0.4) is 0 Å². The van der Waals surface area contributed by atoms with Gasteiger partial charge in [-0.2, -0.15) is 0 Å². The lowest BCUT2D eigenvalue weighted by Crippen LogP contribution is -2.40. The molecule has 0 radical (unpaired) electrons. The lowest BCUT2D eigenvalue weighted by atomic mass is 10.1. The molecule has 0 unspecified atom stereocenters. The van der Waals surface area contributed by atoms with Crippen molar-refractivity contribution in [2.75, 3.05) is 5.32 Å². The Morgan fingerprint density at radius 2 is 1.73 bits per heavy atom. The highest BCUT2D eigenvalue weighted by molar-refractivity contribution is 7.89. The monoisotopic (exact) mass is 443 g/mol. The Balaban J connectivity index is 1.99. The van der Waals surface area contributed by atoms with Crippen LogP contribution >= 0.6 is 11.3 Å². The van der Waals surface area contributed by atoms with Crippen LogP contribution in [-0.2, 0) is 14.8 Å². The highest BCUT2D eigenvalue weighted by Gasteiger charge is 2.26. The molecule has 0 bridgehead atoms. The maximum atomic E-state index is 13.0. The van der Waals surface area contributed by atoms with Gasteiger partial charge in [0.15, 0.2) is 0 Å². The molecule has 2 N–H and O–H groups in total. The summed E-state index contributed by atoms with van der Waals surface area (Å²) in [6, 6.07) is 12.8. The molecule has 0 aliphatic carbocycles. The maximum Gasteiger partial charge on any atom is 0.241 e. The van der Waals surface area contributed by atoms with Gasteiger partial charge in [0, 0.05) is 35.5 Å². The Labute approximate surface area is 181 Å². The highest BCUT2D eigenvalue weighted by Crippen LogP contribution is 2.36. The Morgan fingerprint density at radius 1 is 1.07 bits per heavy atom. The van der Waals surface area contributed by atoms with Gasteiger partial charge in [0.05, 0.1) is 9.77 Å². The van der Waals surface area contributed by atoms with Gasteiger partial charge in [-0.3, -0.25) is 4.79 Å². The summed E-state index contributed by atoms with van der Waals surface area (Å²) in [5, 5.41) is 3.50. The summed E-state index contributed by atoms with van der Waals surface area (Å²) < 4.78 is 28.8. The fourth-order valence-electron chi connectivity index (χ4n) is 2.95. The molecule has 6 nitrogen and oxygen atoms in total. The number of aromatic nitrogens is 1. The minimum absolute atomic E-state index is 0.128. The SMILES string of the molecule is CC(=O)Nc1ccc(-c2ncc(-c3ccc(C)cc3S(=O)(=O)NC(C)(C)C)s2)cc1. The van der Waals surface area contributed by atoms with Crippen LogP contribution in [0, 0.1) is 6.92 Å². The van der Waals surface area contributed by atoms with Crippen LogP contribution in [-0.4, -0.2) is 24.8 Å². The largest absolute Gasteiger partial charge is 0.326 e. The number of aryl methyl sites for hydroxylation is 1. The first-order valence-corrected chi connectivity index (χ1v) is 11.7. The van der Waals surface area contributed by atoms with Gasteiger partial charge < -0.3 is 5.32 Å². The van der Waals surface area contributed by atoms with E-state index in [4.69, 9.17) is 0 Å². The van der Waals surface area contributed by atoms with Crippen LogP contribution in [0.5, 0.6) is 0 Å². The first kappa shape index (κ1) is 22.1. The van der Waals surface area contributed by atoms with Gasteiger partial charge in [-0.25, -0.2) is 18.1 Å². The summed E-state index contributed by atoms with van der Waals surface area (Å²) in [4.78, 5) is 16.7. The van der Waals surface area contributed by atoms with Gasteiger partial charge in [0.25, 0.3) is 0 Å². The second kappa shape index (κ2) is 8.29. The van der Waals surface area contributed by atoms with Gasteiger partial charge in [-0.15, -0.1) is 11.3 Å². The van der Waals surface area contributed by atoms with E-state index in [1.54, 1.807) is 12.3 Å². The number of anilines is 1. The molecule has 0 fully saturated rings. The number of hydrogen-bond acceptors (Lipinski definition) is 5. The molecule has 1 amide bonds. The molecule has 0 spiro atoms. The summed E-state index contributed by atoms with van der Waals surface area (Å²) in [5.74, 6) is -0.128. The van der Waals surface area contributed by atoms with Crippen molar-refractivity contribution in [2.45, 2.75) is 45.1 Å². The van der Waals surface area contributed by atoms with Crippen LogP contribution < -0.4 is 10.0 Å². The molecule has 0 saturated carbocycles. The lowest BCUT2D eigenvalue weighted by Gasteiger charge is -2.21. The summed E-state index contributed by atoms with van der Waals surface area (Å²) in [7, 11) is -3.70. The number of benzene rings is 2. The molecular formula is C22H25N3O3S2. The third-order valence-corrected chi connectivity index (χ3v) is 6.97. The molecule has 1 heterocycles. The van der Waals surface area contributed by atoms with Gasteiger partial charge >= 0.3 is 0 Å². The van der Waals surface area contributed by atoms with E-state index in [2.05, 4.69) is 15.0 Å². The second-order valence-electron chi connectivity index (χ2n) is 8.14. The molecule has 3 rings (SSSR count). The van der Waals surface area contributed by atoms with E-state index in [1.807, 2.05) is 64.1 Å². The van der Waals surface area contributed by atoms with E-state index in [0.717, 1.165) is 21.0 Å². The highest BCUT2D eigenvalue weighted by atomic mass is 32.2. The fourth-order valence-corrected chi connectivity index (χ4v) is 5.70. The number of amides is 1. The summed E-state index contributed by atoms with van der Waals surface area (Å²) >= 11 is 1.42. The van der Waals surface area contributed by atoms with Crippen LogP contribution in [0.2, 0.25) is 0 Å². The smallest absolute Gasteiger partial charge is 0.241 e. The van der Waals surface area contributed by atoms with Crippen molar-refractivity contribution in [3.8, 4) is 21.0 Å². The van der Waals surface area contributed by atoms with Crippen molar-refractivity contribution in [1.29, 1.82) is 0 Å². The van der Waals surface area contributed by atoms with Crippen LogP contribution in [0.25, 0.3) is 21.0 Å². The second-order valence-corrected chi connectivity index (χ2v) is 10.8. The van der Waals surface area contributed by atoms with Crippen molar-refractivity contribution < 1.29 is 13.2 Å². The van der Waals surface area contributed by atoms with Crippen LogP contribution in [0.4, 0.5) is 5.69 Å². The van der Waals surface area contributed by atoms with Gasteiger partial charge in [0.1, 0.15) is 5.01 Å². The molecule has 0 aliphatic heterocycles. The molecule has 8 heteroatoms. The summed E-state index contributed by atoms with van der Waals surface area (Å²) in [6.45, 7) is 8.78. The Kier molecular flexibility index (Phi) is 6.12. The normalized spacial score (nSPS) is 12.0. The minimum atomic E-state index is -3.70. The lowest BCUT2D eigenvalue weighted by molar-refractivity contribution is -0.114. The predicted molar refractivity (Wildman–Crippen MR) is 122 cm³/mol. The van der Waals surface area contributed by atoms with E-state index >= 15 is 0 Å². The molecule has 0 saturated heterocycles. The number of hydrogen-bond donors (Lipinski definition) is 2. The van der Waals surface area contributed by atoms with E-state index in [0.29, 0.717) is 11.3 Å². The van der Waals surface area contributed by atoms with E-state index < -0.39 is 15.6 Å². The molecule has 30 heavy (non-hydrogen) atoms. The molecule has 0 atom stereocenters. The van der Waals surface area contributed by atoms with Crippen molar-refractivity contribution >= 4 is 33.0 Å². The zero-order valence-electron chi connectivity index (χ0n) is 17.6. The van der Waals surface area contributed by atoms with Crippen molar-refractivity contribution in [2.24, 2.45) is 0 Å². The zero-order chi connectivity index (χ0) is 22.1. The third-order valence-electron chi connectivity index (χ3n) is 4.09. The Hall–Kier alpha value is -2.55. The zero-order valence-corrected chi connectivity index (χ0v) is 19.2. The Morgan fingerprint density at radius 3 is 2.33 bits per heavy atom. The van der Waals surface area contributed by atoms with Crippen LogP contribution in [0.1, 0.15) is 33.3 Å². The Bertz CT molecular complexity index is 1180. The average Bonchev–Trinajstić information content (AvgIpc) is 3.09. The first-order valence-electron chi connectivity index (χ1n) is 9.43. The molecule has 2 aromatic carbocycles. The van der Waals surface area contributed by atoms with E-state index in [9.17, 15) is 13.2 Å². The molecule has 3 aromatic rings. The van der Waals surface area contributed by atoms with Crippen LogP contribution in [0.15, 0.2) is 53.6 Å². The minimum Gasteiger partial charge on any atom is -0.326 e. The standard InChI is InChI=1S/C22H25N3O3S2/c1-14-6-11-18(20(12-14)30(27,28)25-22(3,4)5)19-13-23-21(29-19)16-7-9-17(10-8-16)24-15(2)26/h6-13,25H,1-5H3,(H,24,26). The van der Waals surface area contributed by atoms with E-state index in [1.165, 1.54) is 18.3 Å². The van der Waals surface area contributed by atoms with Gasteiger partial charge in [-0.1, -0.05) is 12.1 Å². The van der Waals surface area contributed by atoms with Crippen molar-refractivity contribution in [3.63, 3.8) is 0 Å². The van der Waals surface area contributed by atoms with Gasteiger partial charge in [-0.05, 0) is 63.6 Å². The topological polar surface area (TPSA) is 88.2 Å². The number of sulfonamides is 1. The van der Waals surface area contributed by atoms with Crippen molar-refractivity contribution in [1.82, 2.24) is 9.71 Å². The number of nitrogens with one attached hydrogen (secondary N) is 2. The first-order chi connectivity index (χ1) is 13.9. The summed E-state index contributed by atoms with van der Waals surface area (Å²) in [6.07, 6.45) is 1.70. The number of rotatable bonds is 5. The molecular weight excluding hydrogens is 418 g/mol. The summed E-state index contributed by atoms with van der Waals surface area (Å²) in [5.41, 5.74) is 2.50.